The first kappa shape index (κ1) is 11.6. The van der Waals surface area contributed by atoms with Crippen LogP contribution in [0.25, 0.3) is 0 Å². The average molecular weight is 221 g/mol. The van der Waals surface area contributed by atoms with E-state index in [1.54, 1.807) is 0 Å². The molecule has 0 fully saturated rings. The van der Waals surface area contributed by atoms with E-state index in [0.717, 1.165) is 0 Å². The normalized spacial score (nSPS) is 11.2. The molecule has 7 heteroatoms. The van der Waals surface area contributed by atoms with Crippen LogP contribution in [0.1, 0.15) is 6.42 Å². The molecular formula is C8H10F3N3O. The van der Waals surface area contributed by atoms with Crippen molar-refractivity contribution in [3.05, 3.63) is 18.3 Å². The standard InChI is InChI=1S/C8H10F3N3O/c9-8(10,11)2-4-15-6-1-3-13-7(5-6)14-12/h1,3,5H,2,4,12H2,(H,13,14). The number of anilines is 1. The molecule has 0 spiro atoms. The fourth-order valence-electron chi connectivity index (χ4n) is 0.864. The molecular weight excluding hydrogens is 211 g/mol. The lowest BCUT2D eigenvalue weighted by Crippen LogP contribution is -2.13. The highest BCUT2D eigenvalue weighted by Gasteiger charge is 2.26. The number of rotatable bonds is 4. The van der Waals surface area contributed by atoms with Gasteiger partial charge in [0.2, 0.25) is 0 Å². The lowest BCUT2D eigenvalue weighted by Gasteiger charge is -2.09. The van der Waals surface area contributed by atoms with Gasteiger partial charge in [0.05, 0.1) is 13.0 Å². The number of hydrogen-bond donors (Lipinski definition) is 2. The van der Waals surface area contributed by atoms with Gasteiger partial charge in [-0.1, -0.05) is 0 Å². The predicted octanol–water partition coefficient (Wildman–Crippen LogP) is 1.70. The number of nitrogens with two attached hydrogens (primary N) is 1. The van der Waals surface area contributed by atoms with Gasteiger partial charge in [-0.15, -0.1) is 0 Å². The number of nitrogen functional groups attached to an aromatic ring is 1. The van der Waals surface area contributed by atoms with Crippen molar-refractivity contribution >= 4 is 5.82 Å². The molecule has 0 aliphatic carbocycles. The number of alkyl halides is 3. The van der Waals surface area contributed by atoms with Crippen molar-refractivity contribution in [1.82, 2.24) is 4.98 Å². The molecule has 0 saturated carbocycles. The summed E-state index contributed by atoms with van der Waals surface area (Å²) >= 11 is 0. The summed E-state index contributed by atoms with van der Waals surface area (Å²) in [6.07, 6.45) is -3.80. The van der Waals surface area contributed by atoms with Crippen molar-refractivity contribution in [2.75, 3.05) is 12.0 Å². The van der Waals surface area contributed by atoms with E-state index in [-0.39, 0.29) is 0 Å². The zero-order valence-corrected chi connectivity index (χ0v) is 7.71. The van der Waals surface area contributed by atoms with Crippen molar-refractivity contribution in [2.24, 2.45) is 5.84 Å². The molecule has 0 unspecified atom stereocenters. The SMILES string of the molecule is NNc1cc(OCCC(F)(F)F)ccn1. The number of hydrazine groups is 1. The van der Waals surface area contributed by atoms with Crippen LogP contribution < -0.4 is 16.0 Å². The molecule has 0 amide bonds. The number of nitrogens with one attached hydrogen (secondary N) is 1. The maximum absolute atomic E-state index is 11.8. The second-order valence-corrected chi connectivity index (χ2v) is 2.73. The third-order valence-electron chi connectivity index (χ3n) is 1.53. The zero-order chi connectivity index (χ0) is 11.3. The van der Waals surface area contributed by atoms with Crippen molar-refractivity contribution in [3.63, 3.8) is 0 Å². The highest BCUT2D eigenvalue weighted by atomic mass is 19.4. The minimum absolute atomic E-state index is 0.294. The number of aromatic nitrogens is 1. The van der Waals surface area contributed by atoms with Crippen LogP contribution >= 0.6 is 0 Å². The Hall–Kier alpha value is -1.50. The van der Waals surface area contributed by atoms with Crippen LogP contribution in [0, 0.1) is 0 Å². The maximum Gasteiger partial charge on any atom is 0.392 e. The molecule has 0 aliphatic heterocycles. The lowest BCUT2D eigenvalue weighted by molar-refractivity contribution is -0.139. The Morgan fingerprint density at radius 3 is 2.80 bits per heavy atom. The van der Waals surface area contributed by atoms with Crippen LogP contribution in [0.4, 0.5) is 19.0 Å². The lowest BCUT2D eigenvalue weighted by atomic mass is 10.4. The Morgan fingerprint density at radius 1 is 1.47 bits per heavy atom. The molecule has 4 nitrogen and oxygen atoms in total. The van der Waals surface area contributed by atoms with E-state index in [1.807, 2.05) is 0 Å². The molecule has 0 aromatic carbocycles. The molecule has 15 heavy (non-hydrogen) atoms. The van der Waals surface area contributed by atoms with Crippen LogP contribution in [0.15, 0.2) is 18.3 Å². The summed E-state index contributed by atoms with van der Waals surface area (Å²) in [4.78, 5) is 3.78. The molecule has 0 radical (unpaired) electrons. The number of hydrogen-bond acceptors (Lipinski definition) is 4. The smallest absolute Gasteiger partial charge is 0.392 e. The van der Waals surface area contributed by atoms with Crippen LogP contribution in [0.3, 0.4) is 0 Å². The third kappa shape index (κ3) is 4.50. The van der Waals surface area contributed by atoms with Gasteiger partial charge in [0.1, 0.15) is 11.6 Å². The van der Waals surface area contributed by atoms with Gasteiger partial charge in [-0.25, -0.2) is 10.8 Å². The quantitative estimate of drug-likeness (QED) is 0.600. The van der Waals surface area contributed by atoms with Crippen molar-refractivity contribution in [1.29, 1.82) is 0 Å². The summed E-state index contributed by atoms with van der Waals surface area (Å²) in [7, 11) is 0. The second kappa shape index (κ2) is 4.83. The van der Waals surface area contributed by atoms with E-state index in [4.69, 9.17) is 10.6 Å². The minimum atomic E-state index is -4.21. The monoisotopic (exact) mass is 221 g/mol. The second-order valence-electron chi connectivity index (χ2n) is 2.73. The van der Waals surface area contributed by atoms with E-state index in [1.165, 1.54) is 18.3 Å². The van der Waals surface area contributed by atoms with Crippen LogP contribution in [-0.4, -0.2) is 17.8 Å². The number of nitrogens with zero attached hydrogens (tertiary/aromatic N) is 1. The van der Waals surface area contributed by atoms with Crippen molar-refractivity contribution in [3.8, 4) is 5.75 Å². The summed E-state index contributed by atoms with van der Waals surface area (Å²) in [6.45, 7) is -0.419. The summed E-state index contributed by atoms with van der Waals surface area (Å²) < 4.78 is 40.2. The largest absolute Gasteiger partial charge is 0.493 e. The highest BCUT2D eigenvalue weighted by Crippen LogP contribution is 2.20. The van der Waals surface area contributed by atoms with E-state index in [2.05, 4.69) is 10.4 Å². The first-order valence-electron chi connectivity index (χ1n) is 4.13. The van der Waals surface area contributed by atoms with Gasteiger partial charge in [-0.05, 0) is 6.07 Å². The molecule has 0 bridgehead atoms. The molecule has 0 saturated heterocycles. The van der Waals surface area contributed by atoms with Crippen LogP contribution in [-0.2, 0) is 0 Å². The number of ether oxygens (including phenoxy) is 1. The topological polar surface area (TPSA) is 60.2 Å². The first-order valence-corrected chi connectivity index (χ1v) is 4.13. The maximum atomic E-state index is 11.8. The first-order chi connectivity index (χ1) is 7.01. The zero-order valence-electron chi connectivity index (χ0n) is 7.71. The van der Waals surface area contributed by atoms with Gasteiger partial charge in [-0.2, -0.15) is 13.2 Å². The van der Waals surface area contributed by atoms with E-state index in [0.29, 0.717) is 11.6 Å². The van der Waals surface area contributed by atoms with Gasteiger partial charge in [0.25, 0.3) is 0 Å². The van der Waals surface area contributed by atoms with E-state index in [9.17, 15) is 13.2 Å². The van der Waals surface area contributed by atoms with Gasteiger partial charge in [-0.3, -0.25) is 0 Å². The van der Waals surface area contributed by atoms with E-state index >= 15 is 0 Å². The fourth-order valence-corrected chi connectivity index (χ4v) is 0.864. The van der Waals surface area contributed by atoms with Crippen molar-refractivity contribution < 1.29 is 17.9 Å². The fraction of sp³-hybridized carbons (Fsp3) is 0.375. The Bertz CT molecular complexity index is 316. The predicted molar refractivity (Wildman–Crippen MR) is 48.2 cm³/mol. The summed E-state index contributed by atoms with van der Waals surface area (Å²) in [5.74, 6) is 5.70. The van der Waals surface area contributed by atoms with Gasteiger partial charge >= 0.3 is 6.18 Å². The Balaban J connectivity index is 2.44. The number of halogens is 3. The van der Waals surface area contributed by atoms with Crippen molar-refractivity contribution in [2.45, 2.75) is 12.6 Å². The summed E-state index contributed by atoms with van der Waals surface area (Å²) in [5.41, 5.74) is 2.26. The average Bonchev–Trinajstić information content (AvgIpc) is 2.16. The third-order valence-corrected chi connectivity index (χ3v) is 1.53. The minimum Gasteiger partial charge on any atom is -0.493 e. The highest BCUT2D eigenvalue weighted by molar-refractivity contribution is 5.39. The Kier molecular flexibility index (Phi) is 3.73. The molecule has 1 aromatic heterocycles. The molecule has 1 heterocycles. The van der Waals surface area contributed by atoms with Crippen LogP contribution in [0.5, 0.6) is 5.75 Å². The van der Waals surface area contributed by atoms with Crippen LogP contribution in [0.2, 0.25) is 0 Å². The molecule has 1 aromatic rings. The Labute approximate surface area is 84.2 Å². The molecule has 3 N–H and O–H groups in total. The summed E-state index contributed by atoms with van der Waals surface area (Å²) in [6, 6.07) is 2.87. The summed E-state index contributed by atoms with van der Waals surface area (Å²) in [5, 5.41) is 0. The molecule has 0 aliphatic rings. The molecule has 0 atom stereocenters. The molecule has 84 valence electrons. The van der Waals surface area contributed by atoms with Gasteiger partial charge < -0.3 is 10.2 Å². The van der Waals surface area contributed by atoms with Gasteiger partial charge in [0, 0.05) is 12.3 Å². The molecule has 1 rings (SSSR count). The Morgan fingerprint density at radius 2 is 2.20 bits per heavy atom. The number of pyridine rings is 1. The van der Waals surface area contributed by atoms with E-state index < -0.39 is 19.2 Å². The van der Waals surface area contributed by atoms with Gasteiger partial charge in [0.15, 0.2) is 0 Å².